The highest BCUT2D eigenvalue weighted by Gasteiger charge is 2.12. The van der Waals surface area contributed by atoms with Crippen LogP contribution in [0.3, 0.4) is 0 Å². The van der Waals surface area contributed by atoms with Crippen LogP contribution in [0.25, 0.3) is 0 Å². The molecule has 2 N–H and O–H groups in total. The van der Waals surface area contributed by atoms with E-state index in [4.69, 9.17) is 10.3 Å². The van der Waals surface area contributed by atoms with Gasteiger partial charge in [0.05, 0.1) is 6.04 Å². The number of aryl methyl sites for hydroxylation is 1. The molecule has 1 aromatic carbocycles. The van der Waals surface area contributed by atoms with Crippen molar-refractivity contribution < 1.29 is 4.52 Å². The van der Waals surface area contributed by atoms with Gasteiger partial charge in [-0.2, -0.15) is 4.98 Å². The largest absolute Gasteiger partial charge is 0.338 e. The summed E-state index contributed by atoms with van der Waals surface area (Å²) < 4.78 is 5.13. The standard InChI is InChI=1S/C13H17N3O/c1-3-11(14)13-15-12(16-17-13)8-10-6-4-9(2)5-7-10/h4-7,11H,3,8,14H2,1-2H3/t11-/m1/s1. The van der Waals surface area contributed by atoms with E-state index < -0.39 is 0 Å². The average Bonchev–Trinajstić information content (AvgIpc) is 2.80. The van der Waals surface area contributed by atoms with Crippen molar-refractivity contribution in [1.29, 1.82) is 0 Å². The van der Waals surface area contributed by atoms with Crippen LogP contribution >= 0.6 is 0 Å². The first-order valence-corrected chi connectivity index (χ1v) is 5.82. The Hall–Kier alpha value is -1.68. The van der Waals surface area contributed by atoms with E-state index in [2.05, 4.69) is 41.3 Å². The maximum absolute atomic E-state index is 5.82. The number of hydrogen-bond donors (Lipinski definition) is 1. The van der Waals surface area contributed by atoms with Gasteiger partial charge < -0.3 is 10.3 Å². The highest BCUT2D eigenvalue weighted by atomic mass is 16.5. The van der Waals surface area contributed by atoms with Crippen LogP contribution in [0.4, 0.5) is 0 Å². The topological polar surface area (TPSA) is 64.9 Å². The van der Waals surface area contributed by atoms with Crippen molar-refractivity contribution in [2.24, 2.45) is 5.73 Å². The third kappa shape index (κ3) is 2.91. The van der Waals surface area contributed by atoms with E-state index >= 15 is 0 Å². The first kappa shape index (κ1) is 11.8. The number of rotatable bonds is 4. The van der Waals surface area contributed by atoms with Crippen molar-refractivity contribution in [2.45, 2.75) is 32.7 Å². The van der Waals surface area contributed by atoms with Gasteiger partial charge in [-0.3, -0.25) is 0 Å². The van der Waals surface area contributed by atoms with Crippen LogP contribution in [0.15, 0.2) is 28.8 Å². The van der Waals surface area contributed by atoms with E-state index in [0.29, 0.717) is 18.1 Å². The summed E-state index contributed by atoms with van der Waals surface area (Å²) in [7, 11) is 0. The molecule has 1 heterocycles. The second-order valence-electron chi connectivity index (χ2n) is 4.23. The summed E-state index contributed by atoms with van der Waals surface area (Å²) in [5.41, 5.74) is 8.24. The number of nitrogens with zero attached hydrogens (tertiary/aromatic N) is 2. The molecule has 17 heavy (non-hydrogen) atoms. The van der Waals surface area contributed by atoms with Crippen LogP contribution in [0, 0.1) is 6.92 Å². The fourth-order valence-corrected chi connectivity index (χ4v) is 1.55. The highest BCUT2D eigenvalue weighted by molar-refractivity contribution is 5.23. The molecule has 0 saturated carbocycles. The van der Waals surface area contributed by atoms with Gasteiger partial charge in [0.25, 0.3) is 0 Å². The summed E-state index contributed by atoms with van der Waals surface area (Å²) in [6.07, 6.45) is 1.48. The highest BCUT2D eigenvalue weighted by Crippen LogP contribution is 2.13. The van der Waals surface area contributed by atoms with Gasteiger partial charge in [0.2, 0.25) is 5.89 Å². The molecule has 0 saturated heterocycles. The third-order valence-corrected chi connectivity index (χ3v) is 2.72. The minimum absolute atomic E-state index is 0.158. The molecule has 2 rings (SSSR count). The van der Waals surface area contributed by atoms with E-state index in [9.17, 15) is 0 Å². The summed E-state index contributed by atoms with van der Waals surface area (Å²) >= 11 is 0. The zero-order chi connectivity index (χ0) is 12.3. The van der Waals surface area contributed by atoms with Gasteiger partial charge >= 0.3 is 0 Å². The summed E-state index contributed by atoms with van der Waals surface area (Å²) in [6.45, 7) is 4.06. The van der Waals surface area contributed by atoms with E-state index in [1.165, 1.54) is 11.1 Å². The van der Waals surface area contributed by atoms with Crippen LogP contribution in [-0.4, -0.2) is 10.1 Å². The fraction of sp³-hybridized carbons (Fsp3) is 0.385. The smallest absolute Gasteiger partial charge is 0.243 e. The molecule has 90 valence electrons. The Labute approximate surface area is 101 Å². The second kappa shape index (κ2) is 5.10. The number of hydrogen-bond acceptors (Lipinski definition) is 4. The van der Waals surface area contributed by atoms with E-state index in [-0.39, 0.29) is 6.04 Å². The molecule has 1 atom stereocenters. The lowest BCUT2D eigenvalue weighted by Gasteiger charge is -1.99. The van der Waals surface area contributed by atoms with Gasteiger partial charge in [-0.1, -0.05) is 41.9 Å². The molecule has 4 heteroatoms. The van der Waals surface area contributed by atoms with Gasteiger partial charge in [-0.15, -0.1) is 0 Å². The maximum atomic E-state index is 5.82. The van der Waals surface area contributed by atoms with Crippen molar-refractivity contribution >= 4 is 0 Å². The Morgan fingerprint density at radius 1 is 1.29 bits per heavy atom. The predicted octanol–water partition coefficient (Wildman–Crippen LogP) is 2.38. The van der Waals surface area contributed by atoms with Crippen LogP contribution in [-0.2, 0) is 6.42 Å². The van der Waals surface area contributed by atoms with Crippen LogP contribution in [0.2, 0.25) is 0 Å². The first-order chi connectivity index (χ1) is 8.19. The minimum Gasteiger partial charge on any atom is -0.338 e. The molecule has 0 fully saturated rings. The van der Waals surface area contributed by atoms with Gasteiger partial charge in [0, 0.05) is 6.42 Å². The van der Waals surface area contributed by atoms with E-state index in [1.54, 1.807) is 0 Å². The molecule has 0 unspecified atom stereocenters. The van der Waals surface area contributed by atoms with Gasteiger partial charge in [-0.25, -0.2) is 0 Å². The molecule has 0 amide bonds. The first-order valence-electron chi connectivity index (χ1n) is 5.82. The molecule has 0 aliphatic carbocycles. The molecule has 4 nitrogen and oxygen atoms in total. The third-order valence-electron chi connectivity index (χ3n) is 2.72. The monoisotopic (exact) mass is 231 g/mol. The van der Waals surface area contributed by atoms with Crippen molar-refractivity contribution in [3.63, 3.8) is 0 Å². The summed E-state index contributed by atoms with van der Waals surface area (Å²) in [6, 6.07) is 8.15. The number of nitrogens with two attached hydrogens (primary N) is 1. The molecule has 0 bridgehead atoms. The fourth-order valence-electron chi connectivity index (χ4n) is 1.55. The predicted molar refractivity (Wildman–Crippen MR) is 65.5 cm³/mol. The quantitative estimate of drug-likeness (QED) is 0.877. The van der Waals surface area contributed by atoms with Gasteiger partial charge in [0.15, 0.2) is 5.82 Å². The zero-order valence-electron chi connectivity index (χ0n) is 10.2. The van der Waals surface area contributed by atoms with Crippen molar-refractivity contribution in [1.82, 2.24) is 10.1 Å². The molecular formula is C13H17N3O. The second-order valence-corrected chi connectivity index (χ2v) is 4.23. The van der Waals surface area contributed by atoms with Crippen LogP contribution < -0.4 is 5.73 Å². The van der Waals surface area contributed by atoms with Gasteiger partial charge in [0.1, 0.15) is 0 Å². The summed E-state index contributed by atoms with van der Waals surface area (Å²) in [5, 5.41) is 3.94. The Kier molecular flexibility index (Phi) is 3.54. The van der Waals surface area contributed by atoms with Crippen molar-refractivity contribution in [2.75, 3.05) is 0 Å². The van der Waals surface area contributed by atoms with E-state index in [0.717, 1.165) is 6.42 Å². The molecule has 0 aliphatic heterocycles. The normalized spacial score (nSPS) is 12.6. The minimum atomic E-state index is -0.158. The summed E-state index contributed by atoms with van der Waals surface area (Å²) in [4.78, 5) is 4.30. The number of benzene rings is 1. The zero-order valence-corrected chi connectivity index (χ0v) is 10.2. The Bertz CT molecular complexity index is 476. The molecular weight excluding hydrogens is 214 g/mol. The Balaban J connectivity index is 2.08. The lowest BCUT2D eigenvalue weighted by Crippen LogP contribution is -2.08. The van der Waals surface area contributed by atoms with E-state index in [1.807, 2.05) is 6.92 Å². The van der Waals surface area contributed by atoms with Crippen molar-refractivity contribution in [3.05, 3.63) is 47.1 Å². The van der Waals surface area contributed by atoms with Crippen molar-refractivity contribution in [3.8, 4) is 0 Å². The summed E-state index contributed by atoms with van der Waals surface area (Å²) in [5.74, 6) is 1.21. The lowest BCUT2D eigenvalue weighted by atomic mass is 10.1. The van der Waals surface area contributed by atoms with Crippen LogP contribution in [0.5, 0.6) is 0 Å². The average molecular weight is 231 g/mol. The van der Waals surface area contributed by atoms with Gasteiger partial charge in [-0.05, 0) is 18.9 Å². The molecule has 1 aromatic heterocycles. The maximum Gasteiger partial charge on any atom is 0.243 e. The number of aromatic nitrogens is 2. The molecule has 0 aliphatic rings. The SMILES string of the molecule is CC[C@@H](N)c1nc(Cc2ccc(C)cc2)no1. The Morgan fingerprint density at radius 2 is 2.00 bits per heavy atom. The molecule has 0 spiro atoms. The molecule has 2 aromatic rings. The Morgan fingerprint density at radius 3 is 2.65 bits per heavy atom. The molecule has 0 radical (unpaired) electrons. The van der Waals surface area contributed by atoms with Crippen LogP contribution in [0.1, 0.15) is 42.2 Å². The lowest BCUT2D eigenvalue weighted by molar-refractivity contribution is 0.348.